The summed E-state index contributed by atoms with van der Waals surface area (Å²) in [4.78, 5) is 0. The molecule has 6 rings (SSSR count). The van der Waals surface area contributed by atoms with E-state index in [2.05, 4.69) is 127 Å². The van der Waals surface area contributed by atoms with Crippen LogP contribution in [0.1, 0.15) is 17.5 Å². The van der Waals surface area contributed by atoms with Gasteiger partial charge in [0.2, 0.25) is 0 Å². The van der Waals surface area contributed by atoms with Gasteiger partial charge in [0.15, 0.2) is 0 Å². The van der Waals surface area contributed by atoms with Gasteiger partial charge in [-0.05, 0) is 87.3 Å². The molecule has 0 aliphatic heterocycles. The third kappa shape index (κ3) is 3.83. The van der Waals surface area contributed by atoms with Crippen LogP contribution in [0.25, 0.3) is 39.1 Å². The van der Waals surface area contributed by atoms with E-state index in [-0.39, 0.29) is 0 Å². The normalized spacial score (nSPS) is 12.5. The minimum Gasteiger partial charge on any atom is -0.355 e. The maximum atomic E-state index is 3.62. The first kappa shape index (κ1) is 19.6. The molecule has 158 valence electrons. The Morgan fingerprint density at radius 3 is 2.03 bits per heavy atom. The molecule has 1 heteroatoms. The molecule has 0 bridgehead atoms. The number of nitrogens with one attached hydrogen (secondary N) is 1. The first-order chi connectivity index (χ1) is 16.3. The van der Waals surface area contributed by atoms with Crippen LogP contribution in [0.15, 0.2) is 115 Å². The van der Waals surface area contributed by atoms with Gasteiger partial charge < -0.3 is 5.32 Å². The number of hydrogen-bond donors (Lipinski definition) is 1. The largest absolute Gasteiger partial charge is 0.355 e. The highest BCUT2D eigenvalue weighted by Gasteiger charge is 2.13. The van der Waals surface area contributed by atoms with E-state index in [1.807, 2.05) is 0 Å². The molecule has 0 spiro atoms. The van der Waals surface area contributed by atoms with Crippen molar-refractivity contribution in [3.63, 3.8) is 0 Å². The van der Waals surface area contributed by atoms with E-state index in [9.17, 15) is 0 Å². The average molecular weight is 424 g/mol. The molecule has 0 heterocycles. The van der Waals surface area contributed by atoms with Gasteiger partial charge in [-0.15, -0.1) is 0 Å². The second-order valence-corrected chi connectivity index (χ2v) is 8.64. The molecule has 0 saturated heterocycles. The Balaban J connectivity index is 1.38. The number of allylic oxidation sites excluding steroid dienone is 1. The van der Waals surface area contributed by atoms with E-state index in [0.29, 0.717) is 0 Å². The predicted octanol–water partition coefficient (Wildman–Crippen LogP) is 8.88. The van der Waals surface area contributed by atoms with Crippen molar-refractivity contribution in [3.8, 4) is 22.3 Å². The van der Waals surface area contributed by atoms with Gasteiger partial charge in [0.1, 0.15) is 0 Å². The zero-order chi connectivity index (χ0) is 22.0. The average Bonchev–Trinajstić information content (AvgIpc) is 2.89. The predicted molar refractivity (Wildman–Crippen MR) is 142 cm³/mol. The van der Waals surface area contributed by atoms with Gasteiger partial charge >= 0.3 is 0 Å². The highest BCUT2D eigenvalue weighted by molar-refractivity contribution is 6.02. The molecule has 0 fully saturated rings. The molecule has 5 aromatic carbocycles. The van der Waals surface area contributed by atoms with Gasteiger partial charge in [0, 0.05) is 11.4 Å². The summed E-state index contributed by atoms with van der Waals surface area (Å²) >= 11 is 0. The van der Waals surface area contributed by atoms with Crippen LogP contribution in [0.5, 0.6) is 0 Å². The molecule has 0 saturated carbocycles. The van der Waals surface area contributed by atoms with E-state index in [1.54, 1.807) is 0 Å². The number of benzene rings is 5. The number of anilines is 2. The molecule has 1 aliphatic rings. The first-order valence-corrected chi connectivity index (χ1v) is 11.6. The lowest BCUT2D eigenvalue weighted by molar-refractivity contribution is 0.990. The topological polar surface area (TPSA) is 12.0 Å². The molecule has 0 radical (unpaired) electrons. The lowest BCUT2D eigenvalue weighted by Crippen LogP contribution is -1.97. The molecular formula is C32H25N. The fourth-order valence-corrected chi connectivity index (χ4v) is 4.88. The highest BCUT2D eigenvalue weighted by Crippen LogP contribution is 2.37. The molecule has 0 unspecified atom stereocenters. The van der Waals surface area contributed by atoms with Crippen molar-refractivity contribution < 1.29 is 0 Å². The van der Waals surface area contributed by atoms with E-state index in [1.165, 1.54) is 44.2 Å². The number of aryl methyl sites for hydroxylation is 1. The van der Waals surface area contributed by atoms with Crippen LogP contribution in [-0.4, -0.2) is 0 Å². The minimum atomic E-state index is 1.09. The van der Waals surface area contributed by atoms with Crippen LogP contribution in [0.4, 0.5) is 11.4 Å². The maximum absolute atomic E-state index is 3.62. The number of rotatable bonds is 4. The fourth-order valence-electron chi connectivity index (χ4n) is 4.88. The number of hydrogen-bond acceptors (Lipinski definition) is 1. The van der Waals surface area contributed by atoms with Gasteiger partial charge in [0.05, 0.1) is 0 Å². The van der Waals surface area contributed by atoms with Crippen molar-refractivity contribution in [2.45, 2.75) is 12.8 Å². The van der Waals surface area contributed by atoms with Crippen LogP contribution < -0.4 is 5.32 Å². The number of fused-ring (bicyclic) bond motifs is 3. The SMILES string of the molecule is C1=Cc2c(cc(-c3cccc(Nc4cccc(-c5ccccc5)c4)c3)c3ccccc23)CC1. The second kappa shape index (κ2) is 8.44. The van der Waals surface area contributed by atoms with Crippen LogP contribution in [0, 0.1) is 0 Å². The highest BCUT2D eigenvalue weighted by atomic mass is 14.9. The monoisotopic (exact) mass is 423 g/mol. The molecule has 0 aromatic heterocycles. The third-order valence-electron chi connectivity index (χ3n) is 6.47. The van der Waals surface area contributed by atoms with Gasteiger partial charge in [-0.3, -0.25) is 0 Å². The summed E-state index contributed by atoms with van der Waals surface area (Å²) in [7, 11) is 0. The van der Waals surface area contributed by atoms with Crippen molar-refractivity contribution in [1.82, 2.24) is 0 Å². The summed E-state index contributed by atoms with van der Waals surface area (Å²) in [6.07, 6.45) is 6.81. The van der Waals surface area contributed by atoms with E-state index in [0.717, 1.165) is 24.2 Å². The third-order valence-corrected chi connectivity index (χ3v) is 6.47. The summed E-state index contributed by atoms with van der Waals surface area (Å²) in [6.45, 7) is 0. The van der Waals surface area contributed by atoms with Crippen molar-refractivity contribution in [3.05, 3.63) is 126 Å². The standard InChI is InChI=1S/C32H25N/c1-2-10-23(11-3-1)24-13-8-15-27(20-24)33-28-16-9-14-25(21-28)32-22-26-12-4-5-17-29(26)30-18-6-7-19-31(30)32/h1-3,5-11,13-22,33H,4,12H2. The molecule has 0 atom stereocenters. The molecule has 0 amide bonds. The van der Waals surface area contributed by atoms with Gasteiger partial charge in [0.25, 0.3) is 0 Å². The lowest BCUT2D eigenvalue weighted by Gasteiger charge is -2.18. The van der Waals surface area contributed by atoms with Gasteiger partial charge in [-0.1, -0.05) is 91.0 Å². The summed E-state index contributed by atoms with van der Waals surface area (Å²) in [5, 5.41) is 6.28. The van der Waals surface area contributed by atoms with Crippen LogP contribution in [0.2, 0.25) is 0 Å². The zero-order valence-electron chi connectivity index (χ0n) is 18.5. The maximum Gasteiger partial charge on any atom is 0.0390 e. The Labute approximate surface area is 195 Å². The first-order valence-electron chi connectivity index (χ1n) is 11.6. The lowest BCUT2D eigenvalue weighted by atomic mass is 9.87. The molecule has 1 aliphatic carbocycles. The molecule has 33 heavy (non-hydrogen) atoms. The smallest absolute Gasteiger partial charge is 0.0390 e. The van der Waals surface area contributed by atoms with Gasteiger partial charge in [-0.25, -0.2) is 0 Å². The minimum absolute atomic E-state index is 1.09. The van der Waals surface area contributed by atoms with E-state index in [4.69, 9.17) is 0 Å². The van der Waals surface area contributed by atoms with Crippen molar-refractivity contribution >= 4 is 28.2 Å². The Bertz CT molecular complexity index is 1480. The summed E-state index contributed by atoms with van der Waals surface area (Å²) < 4.78 is 0. The summed E-state index contributed by atoms with van der Waals surface area (Å²) in [6, 6.07) is 39.1. The van der Waals surface area contributed by atoms with Crippen LogP contribution >= 0.6 is 0 Å². The van der Waals surface area contributed by atoms with Crippen LogP contribution in [0.3, 0.4) is 0 Å². The fraction of sp³-hybridized carbons (Fsp3) is 0.0625. The summed E-state index contributed by atoms with van der Waals surface area (Å²) in [5.41, 5.74) is 10.0. The van der Waals surface area contributed by atoms with E-state index >= 15 is 0 Å². The second-order valence-electron chi connectivity index (χ2n) is 8.64. The van der Waals surface area contributed by atoms with Crippen molar-refractivity contribution in [2.75, 3.05) is 5.32 Å². The van der Waals surface area contributed by atoms with Crippen molar-refractivity contribution in [2.24, 2.45) is 0 Å². The van der Waals surface area contributed by atoms with Crippen molar-refractivity contribution in [1.29, 1.82) is 0 Å². The van der Waals surface area contributed by atoms with E-state index < -0.39 is 0 Å². The molecule has 1 nitrogen and oxygen atoms in total. The Morgan fingerprint density at radius 1 is 0.545 bits per heavy atom. The van der Waals surface area contributed by atoms with Crippen LogP contribution in [-0.2, 0) is 6.42 Å². The van der Waals surface area contributed by atoms with Gasteiger partial charge in [-0.2, -0.15) is 0 Å². The molecular weight excluding hydrogens is 398 g/mol. The summed E-state index contributed by atoms with van der Waals surface area (Å²) in [5.74, 6) is 0. The zero-order valence-corrected chi connectivity index (χ0v) is 18.5. The molecule has 5 aromatic rings. The Hall–Kier alpha value is -4.10. The Kier molecular flexibility index (Phi) is 5.01. The quantitative estimate of drug-likeness (QED) is 0.304. The Morgan fingerprint density at radius 2 is 1.21 bits per heavy atom. The molecule has 1 N–H and O–H groups in total.